The molecule has 2 saturated heterocycles. The maximum atomic E-state index is 5.86. The van der Waals surface area contributed by atoms with Crippen LogP contribution in [0.2, 0.25) is 0 Å². The maximum absolute atomic E-state index is 5.86. The summed E-state index contributed by atoms with van der Waals surface area (Å²) in [5.41, 5.74) is 12.5. The van der Waals surface area contributed by atoms with Crippen LogP contribution < -0.4 is 21.7 Å². The van der Waals surface area contributed by atoms with Crippen LogP contribution in [0.25, 0.3) is 0 Å². The van der Waals surface area contributed by atoms with E-state index >= 15 is 0 Å². The highest BCUT2D eigenvalue weighted by Crippen LogP contribution is 2.30. The van der Waals surface area contributed by atoms with Gasteiger partial charge < -0.3 is 21.7 Å². The number of anilines is 3. The quantitative estimate of drug-likeness (QED) is 0.654. The van der Waals surface area contributed by atoms with Gasteiger partial charge in [-0.15, -0.1) is 0 Å². The molecule has 0 radical (unpaired) electrons. The Morgan fingerprint density at radius 2 is 2.11 bits per heavy atom. The van der Waals surface area contributed by atoms with Crippen LogP contribution in [0.1, 0.15) is 18.4 Å². The second-order valence-corrected chi connectivity index (χ2v) is 5.26. The van der Waals surface area contributed by atoms with E-state index in [0.717, 1.165) is 43.4 Å². The van der Waals surface area contributed by atoms with E-state index in [-0.39, 0.29) is 5.95 Å². The van der Waals surface area contributed by atoms with Crippen molar-refractivity contribution in [3.05, 3.63) is 5.56 Å². The fourth-order valence-corrected chi connectivity index (χ4v) is 3.09. The summed E-state index contributed by atoms with van der Waals surface area (Å²) in [6.45, 7) is 5.14. The van der Waals surface area contributed by atoms with Crippen LogP contribution in [0.15, 0.2) is 0 Å². The van der Waals surface area contributed by atoms with Gasteiger partial charge >= 0.3 is 0 Å². The van der Waals surface area contributed by atoms with Gasteiger partial charge in [0.05, 0.1) is 0 Å². The summed E-state index contributed by atoms with van der Waals surface area (Å²) < 4.78 is 0. The first-order valence-electron chi connectivity index (χ1n) is 6.53. The van der Waals surface area contributed by atoms with Gasteiger partial charge in [0.1, 0.15) is 11.6 Å². The number of nitrogens with zero attached hydrogens (tertiary/aromatic N) is 3. The smallest absolute Gasteiger partial charge is 0.223 e. The molecule has 1 aromatic heterocycles. The lowest BCUT2D eigenvalue weighted by molar-refractivity contribution is 0.374. The molecular weight excluding hydrogens is 228 g/mol. The highest BCUT2D eigenvalue weighted by atomic mass is 15.2. The summed E-state index contributed by atoms with van der Waals surface area (Å²) in [4.78, 5) is 10.7. The van der Waals surface area contributed by atoms with Crippen molar-refractivity contribution in [2.45, 2.75) is 25.8 Å². The molecule has 2 aliphatic heterocycles. The number of nitrogens with one attached hydrogen (secondary N) is 1. The van der Waals surface area contributed by atoms with E-state index in [0.29, 0.717) is 11.9 Å². The molecule has 0 aliphatic carbocycles. The molecule has 6 heteroatoms. The lowest BCUT2D eigenvalue weighted by Crippen LogP contribution is -2.45. The zero-order valence-corrected chi connectivity index (χ0v) is 10.7. The van der Waals surface area contributed by atoms with Crippen molar-refractivity contribution in [1.29, 1.82) is 0 Å². The number of fused-ring (bicyclic) bond motifs is 1. The number of hydrogen-bond donors (Lipinski definition) is 3. The molecule has 98 valence electrons. The normalized spacial score (nSPS) is 27.3. The Morgan fingerprint density at radius 3 is 2.94 bits per heavy atom. The average molecular weight is 248 g/mol. The van der Waals surface area contributed by atoms with E-state index in [1.807, 2.05) is 6.92 Å². The van der Waals surface area contributed by atoms with Gasteiger partial charge in [0.15, 0.2) is 0 Å². The topological polar surface area (TPSA) is 93.1 Å². The molecule has 2 atom stereocenters. The molecule has 0 aromatic carbocycles. The number of nitrogen functional groups attached to an aromatic ring is 2. The van der Waals surface area contributed by atoms with Gasteiger partial charge in [-0.25, -0.2) is 0 Å². The highest BCUT2D eigenvalue weighted by Gasteiger charge is 2.33. The predicted molar refractivity (Wildman–Crippen MR) is 72.3 cm³/mol. The van der Waals surface area contributed by atoms with Crippen molar-refractivity contribution in [3.63, 3.8) is 0 Å². The van der Waals surface area contributed by atoms with E-state index < -0.39 is 0 Å². The summed E-state index contributed by atoms with van der Waals surface area (Å²) >= 11 is 0. The third kappa shape index (κ3) is 1.86. The van der Waals surface area contributed by atoms with Gasteiger partial charge in [-0.2, -0.15) is 9.97 Å². The first-order valence-corrected chi connectivity index (χ1v) is 6.53. The van der Waals surface area contributed by atoms with Gasteiger partial charge in [-0.1, -0.05) is 0 Å². The van der Waals surface area contributed by atoms with Gasteiger partial charge in [0, 0.05) is 24.7 Å². The molecule has 0 spiro atoms. The number of rotatable bonds is 1. The van der Waals surface area contributed by atoms with E-state index in [1.54, 1.807) is 0 Å². The van der Waals surface area contributed by atoms with Crippen molar-refractivity contribution < 1.29 is 0 Å². The highest BCUT2D eigenvalue weighted by molar-refractivity contribution is 5.59. The Balaban J connectivity index is 1.87. The molecule has 6 nitrogen and oxygen atoms in total. The van der Waals surface area contributed by atoms with Crippen LogP contribution in [0.4, 0.5) is 17.6 Å². The molecular formula is C12H20N6. The standard InChI is InChI=1S/C12H20N6/c1-7-10(13)16-12(14)17-11(7)18-5-3-9-8(6-18)2-4-15-9/h8-9,15H,2-6H2,1H3,(H4,13,14,16,17)/t8-,9+/m1/s1. The van der Waals surface area contributed by atoms with Crippen LogP contribution in [-0.2, 0) is 0 Å². The molecule has 0 saturated carbocycles. The summed E-state index contributed by atoms with van der Waals surface area (Å²) in [7, 11) is 0. The molecule has 3 heterocycles. The Hall–Kier alpha value is -1.56. The lowest BCUT2D eigenvalue weighted by atomic mass is 9.93. The zero-order valence-electron chi connectivity index (χ0n) is 10.7. The van der Waals surface area contributed by atoms with Gasteiger partial charge in [0.25, 0.3) is 0 Å². The monoisotopic (exact) mass is 248 g/mol. The average Bonchev–Trinajstić information content (AvgIpc) is 2.80. The first kappa shape index (κ1) is 11.5. The first-order chi connectivity index (χ1) is 8.65. The summed E-state index contributed by atoms with van der Waals surface area (Å²) in [6.07, 6.45) is 2.41. The zero-order chi connectivity index (χ0) is 12.7. The molecule has 3 rings (SSSR count). The molecule has 5 N–H and O–H groups in total. The minimum atomic E-state index is 0.264. The Labute approximate surface area is 107 Å². The van der Waals surface area contributed by atoms with Crippen LogP contribution >= 0.6 is 0 Å². The number of aromatic nitrogens is 2. The second-order valence-electron chi connectivity index (χ2n) is 5.26. The minimum absolute atomic E-state index is 0.264. The molecule has 18 heavy (non-hydrogen) atoms. The largest absolute Gasteiger partial charge is 0.383 e. The molecule has 2 aliphatic rings. The van der Waals surface area contributed by atoms with Crippen molar-refractivity contribution in [1.82, 2.24) is 15.3 Å². The summed E-state index contributed by atoms with van der Waals surface area (Å²) in [5, 5.41) is 3.56. The molecule has 0 amide bonds. The lowest BCUT2D eigenvalue weighted by Gasteiger charge is -2.36. The molecule has 2 fully saturated rings. The van der Waals surface area contributed by atoms with E-state index in [1.165, 1.54) is 6.42 Å². The van der Waals surface area contributed by atoms with Crippen LogP contribution in [0.5, 0.6) is 0 Å². The fraction of sp³-hybridized carbons (Fsp3) is 0.667. The Kier molecular flexibility index (Phi) is 2.74. The van der Waals surface area contributed by atoms with Crippen molar-refractivity contribution >= 4 is 17.6 Å². The number of piperidine rings is 1. The summed E-state index contributed by atoms with van der Waals surface area (Å²) in [5.74, 6) is 2.38. The summed E-state index contributed by atoms with van der Waals surface area (Å²) in [6, 6.07) is 0.679. The van der Waals surface area contributed by atoms with E-state index in [9.17, 15) is 0 Å². The van der Waals surface area contributed by atoms with Gasteiger partial charge in [-0.3, -0.25) is 0 Å². The van der Waals surface area contributed by atoms with E-state index in [2.05, 4.69) is 20.2 Å². The van der Waals surface area contributed by atoms with Crippen molar-refractivity contribution in [2.75, 3.05) is 36.0 Å². The third-order valence-electron chi connectivity index (χ3n) is 4.13. The van der Waals surface area contributed by atoms with Crippen LogP contribution in [-0.4, -0.2) is 35.6 Å². The molecule has 0 unspecified atom stereocenters. The molecule has 1 aromatic rings. The van der Waals surface area contributed by atoms with Crippen LogP contribution in [0, 0.1) is 12.8 Å². The molecule has 0 bridgehead atoms. The van der Waals surface area contributed by atoms with Crippen molar-refractivity contribution in [2.24, 2.45) is 5.92 Å². The predicted octanol–water partition coefficient (Wildman–Crippen LogP) is 0.138. The van der Waals surface area contributed by atoms with Gasteiger partial charge in [-0.05, 0) is 32.2 Å². The van der Waals surface area contributed by atoms with Crippen molar-refractivity contribution in [3.8, 4) is 0 Å². The Bertz CT molecular complexity index is 460. The maximum Gasteiger partial charge on any atom is 0.223 e. The number of hydrogen-bond acceptors (Lipinski definition) is 6. The minimum Gasteiger partial charge on any atom is -0.383 e. The SMILES string of the molecule is Cc1c(N)nc(N)nc1N1CC[C@@H]2NCC[C@@H]2C1. The number of nitrogens with two attached hydrogens (primary N) is 2. The fourth-order valence-electron chi connectivity index (χ4n) is 3.09. The Morgan fingerprint density at radius 1 is 1.28 bits per heavy atom. The second kappa shape index (κ2) is 4.28. The van der Waals surface area contributed by atoms with E-state index in [4.69, 9.17) is 11.5 Å². The van der Waals surface area contributed by atoms with Crippen LogP contribution in [0.3, 0.4) is 0 Å². The van der Waals surface area contributed by atoms with Gasteiger partial charge in [0.2, 0.25) is 5.95 Å². The third-order valence-corrected chi connectivity index (χ3v) is 4.13.